The molecule has 0 aromatic heterocycles. The number of amides is 5. The van der Waals surface area contributed by atoms with Gasteiger partial charge in [0.15, 0.2) is 0 Å². The quantitative estimate of drug-likeness (QED) is 0.128. The third-order valence-electron chi connectivity index (χ3n) is 6.63. The van der Waals surface area contributed by atoms with Crippen LogP contribution in [-0.2, 0) is 28.8 Å². The second-order valence-corrected chi connectivity index (χ2v) is 12.7. The average Bonchev–Trinajstić information content (AvgIpc) is 2.96. The fraction of sp³-hybridized carbons (Fsp3) is 0.706. The molecular formula is C34H61N5O8. The van der Waals surface area contributed by atoms with E-state index in [1.54, 1.807) is 0 Å². The molecule has 0 spiro atoms. The summed E-state index contributed by atoms with van der Waals surface area (Å²) in [5.74, 6) is -3.14. The van der Waals surface area contributed by atoms with Crippen LogP contribution in [0.5, 0.6) is 0 Å². The molecule has 13 nitrogen and oxygen atoms in total. The monoisotopic (exact) mass is 667 g/mol. The third-order valence-corrected chi connectivity index (χ3v) is 6.63. The van der Waals surface area contributed by atoms with Crippen LogP contribution in [0.2, 0.25) is 0 Å². The van der Waals surface area contributed by atoms with E-state index in [-0.39, 0.29) is 29.7 Å². The summed E-state index contributed by atoms with van der Waals surface area (Å²) >= 11 is 0. The number of carboxylic acid groups (broad SMARTS) is 1. The number of carbonyl (C=O) groups excluding carboxylic acids is 5. The highest BCUT2D eigenvalue weighted by Crippen LogP contribution is 2.21. The van der Waals surface area contributed by atoms with Gasteiger partial charge in [0.25, 0.3) is 5.97 Å². The van der Waals surface area contributed by atoms with E-state index in [9.17, 15) is 24.0 Å². The van der Waals surface area contributed by atoms with Crippen molar-refractivity contribution < 1.29 is 39.0 Å². The number of hydrogen-bond acceptors (Lipinski definition) is 7. The predicted molar refractivity (Wildman–Crippen MR) is 183 cm³/mol. The molecule has 1 aliphatic heterocycles. The zero-order valence-electron chi connectivity index (χ0n) is 29.4. The predicted octanol–water partition coefficient (Wildman–Crippen LogP) is 2.86. The second-order valence-electron chi connectivity index (χ2n) is 12.7. The van der Waals surface area contributed by atoms with Crippen molar-refractivity contribution in [1.29, 1.82) is 0 Å². The number of aliphatic hydroxyl groups is 1. The Bertz CT molecular complexity index is 1000. The normalized spacial score (nSPS) is 20.2. The van der Waals surface area contributed by atoms with E-state index in [4.69, 9.17) is 20.7 Å². The van der Waals surface area contributed by atoms with Crippen molar-refractivity contribution in [2.24, 2.45) is 17.1 Å². The van der Waals surface area contributed by atoms with Gasteiger partial charge in [-0.25, -0.2) is 0 Å². The maximum atomic E-state index is 12.9. The smallest absolute Gasteiger partial charge is 0.300 e. The third kappa shape index (κ3) is 29.4. The lowest BCUT2D eigenvalue weighted by Crippen LogP contribution is -2.55. The number of allylic oxidation sites excluding steroid dienone is 4. The number of unbranched alkanes of at least 4 members (excludes halogenated alkanes) is 2. The van der Waals surface area contributed by atoms with Gasteiger partial charge in [-0.05, 0) is 69.6 Å². The number of rotatable bonds is 11. The highest BCUT2D eigenvalue weighted by molar-refractivity contribution is 5.93. The fourth-order valence-corrected chi connectivity index (χ4v) is 4.34. The first kappa shape index (κ1) is 45.4. The Morgan fingerprint density at radius 2 is 1.66 bits per heavy atom. The van der Waals surface area contributed by atoms with Crippen LogP contribution in [0.1, 0.15) is 112 Å². The Morgan fingerprint density at radius 1 is 1.02 bits per heavy atom. The summed E-state index contributed by atoms with van der Waals surface area (Å²) in [5.41, 5.74) is 5.22. The second kappa shape index (κ2) is 27.4. The molecule has 5 amide bonds. The van der Waals surface area contributed by atoms with Gasteiger partial charge in [-0.3, -0.25) is 28.8 Å². The van der Waals surface area contributed by atoms with Crippen LogP contribution < -0.4 is 27.0 Å². The fourth-order valence-electron chi connectivity index (χ4n) is 4.34. The van der Waals surface area contributed by atoms with Gasteiger partial charge < -0.3 is 37.2 Å². The standard InChI is InChI=1S/C24H41N5O5.C8H16O.C2H4O2/c1-16(30)26-13-9-11-17-10-7-5-6-8-12-18(21(25)32)29-23(34)19(14-24(2,3)4)28-20(31)15-27-22(17)33;1-2-3-4-5-6-7-8-9;1-2(3)4/h5,7,17-19H,6,8-15H2,1-4H3,(H2,25,32)(H,26,30)(H,27,33)(H,28,31)(H,29,34);4-5,9H,2-3,6-8H2,1H3;1H3,(H,3,4)/b7-5-;5-4+;/t17?,18?,19-;;/m0../s1. The Labute approximate surface area is 281 Å². The van der Waals surface area contributed by atoms with Crippen LogP contribution in [0.25, 0.3) is 0 Å². The topological polar surface area (TPSA) is 217 Å². The minimum Gasteiger partial charge on any atom is -0.481 e. The van der Waals surface area contributed by atoms with Crippen molar-refractivity contribution in [3.05, 3.63) is 24.3 Å². The van der Waals surface area contributed by atoms with Crippen molar-refractivity contribution in [2.75, 3.05) is 19.7 Å². The van der Waals surface area contributed by atoms with E-state index < -0.39 is 35.8 Å². The molecule has 270 valence electrons. The number of nitrogens with two attached hydrogens (primary N) is 1. The average molecular weight is 668 g/mol. The molecule has 1 heterocycles. The summed E-state index contributed by atoms with van der Waals surface area (Å²) in [4.78, 5) is 70.1. The first-order valence-electron chi connectivity index (χ1n) is 16.6. The first-order chi connectivity index (χ1) is 22.0. The molecule has 0 saturated heterocycles. The number of hydrogen-bond donors (Lipinski definition) is 7. The first-order valence-corrected chi connectivity index (χ1v) is 16.6. The molecule has 0 aromatic rings. The van der Waals surface area contributed by atoms with Gasteiger partial charge in [0.2, 0.25) is 29.5 Å². The Kier molecular flexibility index (Phi) is 26.4. The maximum absolute atomic E-state index is 12.9. The molecule has 8 N–H and O–H groups in total. The largest absolute Gasteiger partial charge is 0.481 e. The number of nitrogens with one attached hydrogen (secondary N) is 4. The van der Waals surface area contributed by atoms with Crippen LogP contribution in [0.15, 0.2) is 24.3 Å². The Morgan fingerprint density at radius 3 is 2.21 bits per heavy atom. The molecule has 13 heteroatoms. The highest BCUT2D eigenvalue weighted by atomic mass is 16.4. The zero-order valence-corrected chi connectivity index (χ0v) is 29.4. The van der Waals surface area contributed by atoms with Crippen LogP contribution in [-0.4, -0.2) is 77.5 Å². The molecule has 0 saturated carbocycles. The van der Waals surface area contributed by atoms with Crippen molar-refractivity contribution in [3.8, 4) is 0 Å². The summed E-state index contributed by atoms with van der Waals surface area (Å²) in [6.45, 7) is 11.0. The highest BCUT2D eigenvalue weighted by Gasteiger charge is 2.29. The van der Waals surface area contributed by atoms with Crippen LogP contribution >= 0.6 is 0 Å². The molecule has 0 bridgehead atoms. The lowest BCUT2D eigenvalue weighted by Gasteiger charge is -2.27. The lowest BCUT2D eigenvalue weighted by atomic mass is 9.87. The van der Waals surface area contributed by atoms with E-state index in [1.807, 2.05) is 32.9 Å². The van der Waals surface area contributed by atoms with Crippen molar-refractivity contribution in [1.82, 2.24) is 21.3 Å². The number of aliphatic carboxylic acids is 1. The van der Waals surface area contributed by atoms with Gasteiger partial charge in [-0.1, -0.05) is 58.4 Å². The maximum Gasteiger partial charge on any atom is 0.300 e. The SMILES string of the molecule is CC(=O)NCCCC1C/C=C\CCCC(C(N)=O)NC(=O)[C@H](CC(C)(C)C)NC(=O)CNC1=O.CC(=O)O.CCC/C=C/CCCO. The van der Waals surface area contributed by atoms with Gasteiger partial charge in [0, 0.05) is 32.9 Å². The summed E-state index contributed by atoms with van der Waals surface area (Å²) < 4.78 is 0. The number of primary amides is 1. The van der Waals surface area contributed by atoms with Crippen LogP contribution in [0.3, 0.4) is 0 Å². The van der Waals surface area contributed by atoms with Gasteiger partial charge >= 0.3 is 0 Å². The van der Waals surface area contributed by atoms with Crippen molar-refractivity contribution >= 4 is 35.5 Å². The summed E-state index contributed by atoms with van der Waals surface area (Å²) in [5, 5.41) is 26.5. The summed E-state index contributed by atoms with van der Waals surface area (Å²) in [6.07, 6.45) is 16.2. The molecule has 1 aliphatic rings. The molecule has 2 unspecified atom stereocenters. The summed E-state index contributed by atoms with van der Waals surface area (Å²) in [6, 6.07) is -1.69. The molecule has 0 fully saturated rings. The molecule has 3 atom stereocenters. The lowest BCUT2D eigenvalue weighted by molar-refractivity contribution is -0.134. The van der Waals surface area contributed by atoms with E-state index in [0.29, 0.717) is 58.1 Å². The van der Waals surface area contributed by atoms with E-state index in [1.165, 1.54) is 19.8 Å². The van der Waals surface area contributed by atoms with Crippen LogP contribution in [0.4, 0.5) is 0 Å². The van der Waals surface area contributed by atoms with Crippen molar-refractivity contribution in [3.63, 3.8) is 0 Å². The molecule has 0 aliphatic carbocycles. The molecular weight excluding hydrogens is 606 g/mol. The van der Waals surface area contributed by atoms with Gasteiger partial charge in [-0.15, -0.1) is 0 Å². The molecule has 47 heavy (non-hydrogen) atoms. The van der Waals surface area contributed by atoms with E-state index in [2.05, 4.69) is 40.3 Å². The van der Waals surface area contributed by atoms with Crippen molar-refractivity contribution in [2.45, 2.75) is 124 Å². The minimum atomic E-state index is -0.868. The molecule has 1 rings (SSSR count). The Balaban J connectivity index is 0. The Hall–Kier alpha value is -3.74. The minimum absolute atomic E-state index is 0.123. The van der Waals surface area contributed by atoms with Gasteiger partial charge in [0.05, 0.1) is 6.54 Å². The zero-order chi connectivity index (χ0) is 36.3. The van der Waals surface area contributed by atoms with Gasteiger partial charge in [0.1, 0.15) is 12.1 Å². The number of aliphatic hydroxyl groups excluding tert-OH is 1. The molecule has 0 radical (unpaired) electrons. The number of carboxylic acids is 1. The van der Waals surface area contributed by atoms with E-state index in [0.717, 1.165) is 19.8 Å². The molecule has 0 aromatic carbocycles. The van der Waals surface area contributed by atoms with Crippen LogP contribution in [0, 0.1) is 11.3 Å². The van der Waals surface area contributed by atoms with Gasteiger partial charge in [-0.2, -0.15) is 0 Å². The van der Waals surface area contributed by atoms with E-state index >= 15 is 0 Å². The number of carbonyl (C=O) groups is 6. The summed E-state index contributed by atoms with van der Waals surface area (Å²) in [7, 11) is 0.